The zero-order valence-corrected chi connectivity index (χ0v) is 17.0. The standard InChI is InChI=1S/C22H33N3O3/c1-28-20-9-7-19(8-10-20)22(27)23-11-12-24-13-15-25(16-14-24)21(26)17-18-5-3-2-4-6-18/h7-10,18H,2-6,11-17H2,1H3,(H,23,27). The van der Waals surface area contributed by atoms with E-state index in [1.807, 2.05) is 4.90 Å². The predicted octanol–water partition coefficient (Wildman–Crippen LogP) is 2.54. The first-order valence-corrected chi connectivity index (χ1v) is 10.6. The molecule has 2 amide bonds. The number of carbonyl (C=O) groups excluding carboxylic acids is 2. The fourth-order valence-corrected chi connectivity index (χ4v) is 4.16. The molecular formula is C22H33N3O3. The zero-order chi connectivity index (χ0) is 19.8. The van der Waals surface area contributed by atoms with Crippen molar-refractivity contribution in [3.05, 3.63) is 29.8 Å². The molecule has 1 N–H and O–H groups in total. The Morgan fingerprint density at radius 3 is 2.36 bits per heavy atom. The molecule has 1 saturated heterocycles. The molecule has 154 valence electrons. The number of nitrogens with zero attached hydrogens (tertiary/aromatic N) is 2. The van der Waals surface area contributed by atoms with E-state index in [-0.39, 0.29) is 5.91 Å². The van der Waals surface area contributed by atoms with Crippen LogP contribution in [-0.4, -0.2) is 68.0 Å². The van der Waals surface area contributed by atoms with Crippen molar-refractivity contribution < 1.29 is 14.3 Å². The number of hydrogen-bond donors (Lipinski definition) is 1. The lowest BCUT2D eigenvalue weighted by Gasteiger charge is -2.35. The second-order valence-corrected chi connectivity index (χ2v) is 7.91. The Balaban J connectivity index is 1.32. The molecule has 0 bridgehead atoms. The minimum atomic E-state index is -0.0658. The first-order chi connectivity index (χ1) is 13.7. The molecule has 6 nitrogen and oxygen atoms in total. The van der Waals surface area contributed by atoms with Crippen LogP contribution in [0.15, 0.2) is 24.3 Å². The van der Waals surface area contributed by atoms with E-state index >= 15 is 0 Å². The maximum Gasteiger partial charge on any atom is 0.251 e. The summed E-state index contributed by atoms with van der Waals surface area (Å²) in [5, 5.41) is 2.97. The molecule has 0 spiro atoms. The molecule has 0 atom stereocenters. The Morgan fingerprint density at radius 1 is 1.04 bits per heavy atom. The minimum Gasteiger partial charge on any atom is -0.497 e. The van der Waals surface area contributed by atoms with Crippen LogP contribution in [-0.2, 0) is 4.79 Å². The molecule has 0 radical (unpaired) electrons. The van der Waals surface area contributed by atoms with Crippen LogP contribution in [0.25, 0.3) is 0 Å². The Hall–Kier alpha value is -2.08. The van der Waals surface area contributed by atoms with Crippen molar-refractivity contribution in [3.63, 3.8) is 0 Å². The summed E-state index contributed by atoms with van der Waals surface area (Å²) in [5.74, 6) is 1.61. The second-order valence-electron chi connectivity index (χ2n) is 7.91. The zero-order valence-electron chi connectivity index (χ0n) is 17.0. The minimum absolute atomic E-state index is 0.0658. The van der Waals surface area contributed by atoms with Gasteiger partial charge in [-0.15, -0.1) is 0 Å². The van der Waals surface area contributed by atoms with E-state index < -0.39 is 0 Å². The van der Waals surface area contributed by atoms with Gasteiger partial charge in [-0.2, -0.15) is 0 Å². The van der Waals surface area contributed by atoms with Gasteiger partial charge in [0, 0.05) is 51.3 Å². The molecule has 2 fully saturated rings. The van der Waals surface area contributed by atoms with Gasteiger partial charge in [-0.3, -0.25) is 14.5 Å². The average Bonchev–Trinajstić information content (AvgIpc) is 2.75. The molecule has 1 saturated carbocycles. The molecular weight excluding hydrogens is 354 g/mol. The number of carbonyl (C=O) groups is 2. The van der Waals surface area contributed by atoms with Crippen molar-refractivity contribution in [2.45, 2.75) is 38.5 Å². The van der Waals surface area contributed by atoms with E-state index in [2.05, 4.69) is 10.2 Å². The normalized spacial score (nSPS) is 18.7. The Morgan fingerprint density at radius 2 is 1.71 bits per heavy atom. The van der Waals surface area contributed by atoms with E-state index in [0.717, 1.165) is 44.9 Å². The molecule has 2 aliphatic rings. The highest BCUT2D eigenvalue weighted by Crippen LogP contribution is 2.27. The summed E-state index contributed by atoms with van der Waals surface area (Å²) in [6, 6.07) is 7.12. The van der Waals surface area contributed by atoms with Crippen LogP contribution in [0.5, 0.6) is 5.75 Å². The summed E-state index contributed by atoms with van der Waals surface area (Å²) in [6.07, 6.45) is 7.08. The molecule has 1 aliphatic carbocycles. The van der Waals surface area contributed by atoms with Crippen molar-refractivity contribution in [1.82, 2.24) is 15.1 Å². The van der Waals surface area contributed by atoms with Crippen LogP contribution in [0.2, 0.25) is 0 Å². The number of hydrogen-bond acceptors (Lipinski definition) is 4. The van der Waals surface area contributed by atoms with Gasteiger partial charge < -0.3 is 15.0 Å². The van der Waals surface area contributed by atoms with Gasteiger partial charge in [-0.05, 0) is 43.0 Å². The first-order valence-electron chi connectivity index (χ1n) is 10.6. The summed E-state index contributed by atoms with van der Waals surface area (Å²) < 4.78 is 5.11. The maximum absolute atomic E-state index is 12.5. The number of methoxy groups -OCH3 is 1. The van der Waals surface area contributed by atoms with Crippen LogP contribution in [0.4, 0.5) is 0 Å². The molecule has 1 heterocycles. The van der Waals surface area contributed by atoms with Gasteiger partial charge in [0.15, 0.2) is 0 Å². The van der Waals surface area contributed by atoms with Gasteiger partial charge >= 0.3 is 0 Å². The van der Waals surface area contributed by atoms with E-state index in [4.69, 9.17) is 4.74 Å². The van der Waals surface area contributed by atoms with Crippen molar-refractivity contribution in [2.75, 3.05) is 46.4 Å². The summed E-state index contributed by atoms with van der Waals surface area (Å²) >= 11 is 0. The highest BCUT2D eigenvalue weighted by molar-refractivity contribution is 5.94. The van der Waals surface area contributed by atoms with Gasteiger partial charge in [0.05, 0.1) is 7.11 Å². The molecule has 6 heteroatoms. The smallest absolute Gasteiger partial charge is 0.251 e. The molecule has 1 aromatic carbocycles. The number of nitrogens with one attached hydrogen (secondary N) is 1. The van der Waals surface area contributed by atoms with Gasteiger partial charge in [-0.1, -0.05) is 19.3 Å². The third-order valence-electron chi connectivity index (χ3n) is 5.98. The Bertz CT molecular complexity index is 633. The maximum atomic E-state index is 12.5. The third kappa shape index (κ3) is 5.96. The largest absolute Gasteiger partial charge is 0.497 e. The van der Waals surface area contributed by atoms with Crippen molar-refractivity contribution in [3.8, 4) is 5.75 Å². The monoisotopic (exact) mass is 387 g/mol. The molecule has 28 heavy (non-hydrogen) atoms. The lowest BCUT2D eigenvalue weighted by atomic mass is 9.86. The summed E-state index contributed by atoms with van der Waals surface area (Å²) in [6.45, 7) is 4.80. The molecule has 0 unspecified atom stereocenters. The fraction of sp³-hybridized carbons (Fsp3) is 0.636. The highest BCUT2D eigenvalue weighted by atomic mass is 16.5. The summed E-state index contributed by atoms with van der Waals surface area (Å²) in [4.78, 5) is 29.1. The molecule has 1 aromatic rings. The lowest BCUT2D eigenvalue weighted by molar-refractivity contribution is -0.134. The van der Waals surface area contributed by atoms with Crippen LogP contribution >= 0.6 is 0 Å². The molecule has 3 rings (SSSR count). The van der Waals surface area contributed by atoms with E-state index in [9.17, 15) is 9.59 Å². The lowest BCUT2D eigenvalue weighted by Crippen LogP contribution is -2.50. The van der Waals surface area contributed by atoms with Crippen LogP contribution < -0.4 is 10.1 Å². The number of ether oxygens (including phenoxy) is 1. The Labute approximate surface area is 168 Å². The molecule has 0 aromatic heterocycles. The summed E-state index contributed by atoms with van der Waals surface area (Å²) in [5.41, 5.74) is 0.638. The number of piperazine rings is 1. The van der Waals surface area contributed by atoms with Crippen molar-refractivity contribution >= 4 is 11.8 Å². The molecule has 1 aliphatic heterocycles. The van der Waals surface area contributed by atoms with Gasteiger partial charge in [0.1, 0.15) is 5.75 Å². The SMILES string of the molecule is COc1ccc(C(=O)NCCN2CCN(C(=O)CC3CCCCC3)CC2)cc1. The van der Waals surface area contributed by atoms with Crippen molar-refractivity contribution in [2.24, 2.45) is 5.92 Å². The number of benzene rings is 1. The van der Waals surface area contributed by atoms with Crippen LogP contribution in [0, 0.1) is 5.92 Å². The highest BCUT2D eigenvalue weighted by Gasteiger charge is 2.24. The fourth-order valence-electron chi connectivity index (χ4n) is 4.16. The van der Waals surface area contributed by atoms with E-state index in [1.54, 1.807) is 31.4 Å². The summed E-state index contributed by atoms with van der Waals surface area (Å²) in [7, 11) is 1.61. The second kappa shape index (κ2) is 10.5. The van der Waals surface area contributed by atoms with Gasteiger partial charge in [0.2, 0.25) is 5.91 Å². The van der Waals surface area contributed by atoms with E-state index in [0.29, 0.717) is 23.9 Å². The quantitative estimate of drug-likeness (QED) is 0.781. The number of rotatable bonds is 7. The van der Waals surface area contributed by atoms with Crippen LogP contribution in [0.1, 0.15) is 48.9 Å². The van der Waals surface area contributed by atoms with Crippen molar-refractivity contribution in [1.29, 1.82) is 0 Å². The number of amides is 2. The van der Waals surface area contributed by atoms with Crippen LogP contribution in [0.3, 0.4) is 0 Å². The topological polar surface area (TPSA) is 61.9 Å². The third-order valence-corrected chi connectivity index (χ3v) is 5.98. The Kier molecular flexibility index (Phi) is 7.71. The average molecular weight is 388 g/mol. The van der Waals surface area contributed by atoms with Gasteiger partial charge in [0.25, 0.3) is 5.91 Å². The first kappa shape index (κ1) is 20.6. The van der Waals surface area contributed by atoms with E-state index in [1.165, 1.54) is 32.1 Å². The predicted molar refractivity (Wildman–Crippen MR) is 110 cm³/mol. The van der Waals surface area contributed by atoms with Gasteiger partial charge in [-0.25, -0.2) is 0 Å².